The van der Waals surface area contributed by atoms with E-state index in [0.717, 1.165) is 4.47 Å². The van der Waals surface area contributed by atoms with Gasteiger partial charge in [0.15, 0.2) is 5.82 Å². The third-order valence-electron chi connectivity index (χ3n) is 3.60. The van der Waals surface area contributed by atoms with Crippen molar-refractivity contribution < 1.29 is 9.18 Å². The number of pyridine rings is 1. The number of rotatable bonds is 4. The molecule has 3 aromatic heterocycles. The van der Waals surface area contributed by atoms with Gasteiger partial charge < -0.3 is 5.32 Å². The predicted octanol–water partition coefficient (Wildman–Crippen LogP) is 2.40. The van der Waals surface area contributed by atoms with Crippen molar-refractivity contribution >= 4 is 27.5 Å². The van der Waals surface area contributed by atoms with Gasteiger partial charge in [0.1, 0.15) is 12.1 Å². The summed E-state index contributed by atoms with van der Waals surface area (Å²) in [4.78, 5) is 17.1. The van der Waals surface area contributed by atoms with E-state index >= 15 is 0 Å². The van der Waals surface area contributed by atoms with E-state index in [0.29, 0.717) is 11.5 Å². The summed E-state index contributed by atoms with van der Waals surface area (Å²) < 4.78 is 17.2. The largest absolute Gasteiger partial charge is 0.319 e. The lowest BCUT2D eigenvalue weighted by Gasteiger charge is -2.12. The topological polar surface area (TPSA) is 103 Å². The summed E-state index contributed by atoms with van der Waals surface area (Å²) in [6.07, 6.45) is 6.19. The van der Waals surface area contributed by atoms with Crippen molar-refractivity contribution in [1.82, 2.24) is 35.0 Å². The molecule has 0 aliphatic heterocycles. The Bertz CT molecular complexity index is 1110. The van der Waals surface area contributed by atoms with E-state index < -0.39 is 11.7 Å². The van der Waals surface area contributed by atoms with Crippen LogP contribution in [0.5, 0.6) is 0 Å². The monoisotopic (exact) mass is 428 g/mol. The van der Waals surface area contributed by atoms with E-state index in [9.17, 15) is 9.18 Å². The average molecular weight is 429 g/mol. The van der Waals surface area contributed by atoms with Crippen LogP contribution in [0.1, 0.15) is 10.4 Å². The molecule has 1 N–H and O–H groups in total. The van der Waals surface area contributed by atoms with Gasteiger partial charge in [-0.1, -0.05) is 0 Å². The van der Waals surface area contributed by atoms with Crippen LogP contribution >= 0.6 is 15.9 Å². The molecule has 0 spiro atoms. The fourth-order valence-electron chi connectivity index (χ4n) is 2.44. The quantitative estimate of drug-likeness (QED) is 0.535. The Labute approximate surface area is 160 Å². The number of aromatic nitrogens is 7. The van der Waals surface area contributed by atoms with Gasteiger partial charge in [0.2, 0.25) is 0 Å². The number of benzene rings is 1. The first-order valence-corrected chi connectivity index (χ1v) is 8.41. The molecule has 4 rings (SSSR count). The third-order valence-corrected chi connectivity index (χ3v) is 4.01. The van der Waals surface area contributed by atoms with E-state index in [4.69, 9.17) is 0 Å². The van der Waals surface area contributed by atoms with Gasteiger partial charge >= 0.3 is 0 Å². The van der Waals surface area contributed by atoms with Crippen molar-refractivity contribution in [3.05, 3.63) is 71.1 Å². The molecule has 11 heteroatoms. The lowest BCUT2D eigenvalue weighted by atomic mass is 10.1. The predicted molar refractivity (Wildman–Crippen MR) is 96.1 cm³/mol. The Morgan fingerprint density at radius 2 is 2.11 bits per heavy atom. The van der Waals surface area contributed by atoms with Crippen molar-refractivity contribution in [1.29, 1.82) is 0 Å². The second kappa shape index (κ2) is 7.03. The molecule has 3 heterocycles. The van der Waals surface area contributed by atoms with Gasteiger partial charge in [-0.2, -0.15) is 9.78 Å². The molecule has 0 atom stereocenters. The highest BCUT2D eigenvalue weighted by atomic mass is 79.9. The van der Waals surface area contributed by atoms with Crippen LogP contribution in [0.3, 0.4) is 0 Å². The van der Waals surface area contributed by atoms with Crippen molar-refractivity contribution in [3.8, 4) is 11.5 Å². The summed E-state index contributed by atoms with van der Waals surface area (Å²) in [5, 5.41) is 17.7. The molecule has 0 saturated heterocycles. The zero-order valence-corrected chi connectivity index (χ0v) is 15.1. The summed E-state index contributed by atoms with van der Waals surface area (Å²) in [5.41, 5.74) is 0.843. The molecule has 1 amide bonds. The maximum atomic E-state index is 13.7. The number of anilines is 1. The van der Waals surface area contributed by atoms with Gasteiger partial charge in [-0.15, -0.1) is 5.10 Å². The second-order valence-electron chi connectivity index (χ2n) is 5.35. The lowest BCUT2D eigenvalue weighted by Crippen LogP contribution is -2.17. The standard InChI is InChI=1S/C16H10BrFN8O/c17-10-7-21-25(8-10)15-13(2-1-5-19-15)22-16(27)12-4-3-11(18)6-14(12)26-9-20-23-24-26/h1-9H,(H,22,27). The zero-order valence-electron chi connectivity index (χ0n) is 13.5. The minimum Gasteiger partial charge on any atom is -0.319 e. The molecule has 1 aromatic carbocycles. The fraction of sp³-hybridized carbons (Fsp3) is 0. The molecular formula is C16H10BrFN8O. The van der Waals surface area contributed by atoms with Crippen LogP contribution in [0.4, 0.5) is 10.1 Å². The van der Waals surface area contributed by atoms with Gasteiger partial charge in [-0.05, 0) is 50.6 Å². The Hall–Kier alpha value is -3.47. The van der Waals surface area contributed by atoms with Gasteiger partial charge in [0, 0.05) is 18.5 Å². The summed E-state index contributed by atoms with van der Waals surface area (Å²) in [6, 6.07) is 7.11. The van der Waals surface area contributed by atoms with E-state index in [-0.39, 0.29) is 11.3 Å². The first-order chi connectivity index (χ1) is 13.1. The zero-order chi connectivity index (χ0) is 18.8. The van der Waals surface area contributed by atoms with Gasteiger partial charge in [0.25, 0.3) is 5.91 Å². The van der Waals surface area contributed by atoms with Crippen LogP contribution in [0, 0.1) is 5.82 Å². The van der Waals surface area contributed by atoms with Crippen molar-refractivity contribution in [2.75, 3.05) is 5.32 Å². The highest BCUT2D eigenvalue weighted by molar-refractivity contribution is 9.10. The number of nitrogens with zero attached hydrogens (tertiary/aromatic N) is 7. The average Bonchev–Trinajstić information content (AvgIpc) is 3.34. The SMILES string of the molecule is O=C(Nc1cccnc1-n1cc(Br)cn1)c1ccc(F)cc1-n1cnnn1. The molecule has 0 saturated carbocycles. The summed E-state index contributed by atoms with van der Waals surface area (Å²) >= 11 is 3.32. The molecule has 0 radical (unpaired) electrons. The first kappa shape index (κ1) is 17.0. The summed E-state index contributed by atoms with van der Waals surface area (Å²) in [7, 11) is 0. The number of tetrazole rings is 1. The van der Waals surface area contributed by atoms with Gasteiger partial charge in [-0.3, -0.25) is 4.79 Å². The van der Waals surface area contributed by atoms with Crippen LogP contribution < -0.4 is 5.32 Å². The maximum absolute atomic E-state index is 13.7. The highest BCUT2D eigenvalue weighted by Crippen LogP contribution is 2.21. The van der Waals surface area contributed by atoms with Crippen molar-refractivity contribution in [2.45, 2.75) is 0 Å². The van der Waals surface area contributed by atoms with E-state index in [2.05, 4.69) is 46.9 Å². The Kier molecular flexibility index (Phi) is 4.42. The van der Waals surface area contributed by atoms with Crippen LogP contribution in [0.15, 0.2) is 59.7 Å². The fourth-order valence-corrected chi connectivity index (χ4v) is 2.73. The van der Waals surface area contributed by atoms with Gasteiger partial charge in [0.05, 0.1) is 27.6 Å². The molecule has 4 aromatic rings. The minimum atomic E-state index is -0.513. The smallest absolute Gasteiger partial charge is 0.257 e. The number of amides is 1. The third kappa shape index (κ3) is 3.44. The number of nitrogens with one attached hydrogen (secondary N) is 1. The van der Waals surface area contributed by atoms with E-state index in [1.54, 1.807) is 30.7 Å². The second-order valence-corrected chi connectivity index (χ2v) is 6.26. The molecule has 0 bridgehead atoms. The highest BCUT2D eigenvalue weighted by Gasteiger charge is 2.17. The normalized spacial score (nSPS) is 10.7. The minimum absolute atomic E-state index is 0.195. The van der Waals surface area contributed by atoms with Crippen LogP contribution in [-0.2, 0) is 0 Å². The molecule has 0 fully saturated rings. The number of carbonyl (C=O) groups is 1. The number of halogens is 2. The van der Waals surface area contributed by atoms with E-state index in [1.165, 1.54) is 33.9 Å². The molecular weight excluding hydrogens is 419 g/mol. The number of hydrogen-bond donors (Lipinski definition) is 1. The number of hydrogen-bond acceptors (Lipinski definition) is 6. The van der Waals surface area contributed by atoms with Gasteiger partial charge in [-0.25, -0.2) is 14.1 Å². The van der Waals surface area contributed by atoms with Crippen LogP contribution in [-0.4, -0.2) is 40.9 Å². The molecule has 0 aliphatic rings. The summed E-state index contributed by atoms with van der Waals surface area (Å²) in [5.74, 6) is -0.552. The van der Waals surface area contributed by atoms with E-state index in [1.807, 2.05) is 0 Å². The summed E-state index contributed by atoms with van der Waals surface area (Å²) in [6.45, 7) is 0. The Morgan fingerprint density at radius 1 is 1.22 bits per heavy atom. The van der Waals surface area contributed by atoms with Crippen LogP contribution in [0.25, 0.3) is 11.5 Å². The Balaban J connectivity index is 1.71. The maximum Gasteiger partial charge on any atom is 0.257 e. The molecule has 0 unspecified atom stereocenters. The first-order valence-electron chi connectivity index (χ1n) is 7.61. The van der Waals surface area contributed by atoms with Crippen LogP contribution in [0.2, 0.25) is 0 Å². The molecule has 9 nitrogen and oxygen atoms in total. The molecule has 134 valence electrons. The van der Waals surface area contributed by atoms with Crippen molar-refractivity contribution in [2.24, 2.45) is 0 Å². The number of carbonyl (C=O) groups excluding carboxylic acids is 1. The van der Waals surface area contributed by atoms with Crippen molar-refractivity contribution in [3.63, 3.8) is 0 Å². The molecule has 0 aliphatic carbocycles. The lowest BCUT2D eigenvalue weighted by molar-refractivity contribution is 0.102. The molecule has 27 heavy (non-hydrogen) atoms. The Morgan fingerprint density at radius 3 is 2.85 bits per heavy atom.